The summed E-state index contributed by atoms with van der Waals surface area (Å²) in [7, 11) is 0. The first-order valence-electron chi connectivity index (χ1n) is 6.95. The zero-order chi connectivity index (χ0) is 12.6. The molecule has 100 valence electrons. The highest BCUT2D eigenvalue weighted by Gasteiger charge is 2.29. The zero-order valence-corrected chi connectivity index (χ0v) is 11.0. The van der Waals surface area contributed by atoms with Crippen LogP contribution in [0.25, 0.3) is 0 Å². The number of rotatable bonds is 8. The molecule has 0 spiro atoms. The van der Waals surface area contributed by atoms with Crippen molar-refractivity contribution in [2.24, 2.45) is 11.7 Å². The van der Waals surface area contributed by atoms with Gasteiger partial charge in [0.1, 0.15) is 0 Å². The van der Waals surface area contributed by atoms with E-state index in [0.29, 0.717) is 6.10 Å². The van der Waals surface area contributed by atoms with E-state index in [4.69, 9.17) is 10.5 Å². The fraction of sp³-hybridized carbons (Fsp3) is 0.600. The SMILES string of the molecule is NCCCNCC1CC(OCc2ccccc2)C1. The minimum atomic E-state index is 0.464. The lowest BCUT2D eigenvalue weighted by Gasteiger charge is -2.35. The van der Waals surface area contributed by atoms with E-state index in [0.717, 1.165) is 38.6 Å². The molecule has 0 atom stereocenters. The molecule has 1 fully saturated rings. The molecule has 0 amide bonds. The van der Waals surface area contributed by atoms with E-state index < -0.39 is 0 Å². The predicted octanol–water partition coefficient (Wildman–Crippen LogP) is 1.92. The van der Waals surface area contributed by atoms with E-state index in [1.165, 1.54) is 18.4 Å². The molecule has 3 nitrogen and oxygen atoms in total. The molecular formula is C15H24N2O. The highest BCUT2D eigenvalue weighted by Crippen LogP contribution is 2.30. The lowest BCUT2D eigenvalue weighted by Crippen LogP contribution is -2.38. The van der Waals surface area contributed by atoms with Crippen LogP contribution in [0.3, 0.4) is 0 Å². The maximum absolute atomic E-state index is 5.87. The summed E-state index contributed by atoms with van der Waals surface area (Å²) < 4.78 is 5.87. The maximum Gasteiger partial charge on any atom is 0.0720 e. The van der Waals surface area contributed by atoms with Gasteiger partial charge < -0.3 is 15.8 Å². The molecule has 18 heavy (non-hydrogen) atoms. The van der Waals surface area contributed by atoms with Crippen molar-refractivity contribution in [3.63, 3.8) is 0 Å². The van der Waals surface area contributed by atoms with Gasteiger partial charge in [0.2, 0.25) is 0 Å². The smallest absolute Gasteiger partial charge is 0.0720 e. The van der Waals surface area contributed by atoms with Crippen LogP contribution in [0.2, 0.25) is 0 Å². The van der Waals surface area contributed by atoms with Crippen molar-refractivity contribution in [1.29, 1.82) is 0 Å². The fourth-order valence-corrected chi connectivity index (χ4v) is 2.30. The summed E-state index contributed by atoms with van der Waals surface area (Å²) in [6.45, 7) is 3.69. The Kier molecular flexibility index (Phi) is 5.65. The van der Waals surface area contributed by atoms with Crippen molar-refractivity contribution >= 4 is 0 Å². The van der Waals surface area contributed by atoms with Gasteiger partial charge in [0.15, 0.2) is 0 Å². The minimum Gasteiger partial charge on any atom is -0.374 e. The van der Waals surface area contributed by atoms with Gasteiger partial charge in [0.05, 0.1) is 12.7 Å². The number of hydrogen-bond acceptors (Lipinski definition) is 3. The molecule has 2 rings (SSSR count). The Hall–Kier alpha value is -0.900. The molecule has 1 saturated carbocycles. The molecule has 0 bridgehead atoms. The van der Waals surface area contributed by atoms with Crippen LogP contribution < -0.4 is 11.1 Å². The Morgan fingerprint density at radius 3 is 2.72 bits per heavy atom. The number of nitrogens with two attached hydrogens (primary N) is 1. The summed E-state index contributed by atoms with van der Waals surface area (Å²) in [6, 6.07) is 10.4. The second kappa shape index (κ2) is 7.52. The second-order valence-electron chi connectivity index (χ2n) is 5.10. The van der Waals surface area contributed by atoms with Crippen LogP contribution in [0.15, 0.2) is 30.3 Å². The number of benzene rings is 1. The minimum absolute atomic E-state index is 0.464. The monoisotopic (exact) mass is 248 g/mol. The van der Waals surface area contributed by atoms with E-state index in [-0.39, 0.29) is 0 Å². The Morgan fingerprint density at radius 1 is 1.22 bits per heavy atom. The van der Waals surface area contributed by atoms with Crippen molar-refractivity contribution in [3.05, 3.63) is 35.9 Å². The van der Waals surface area contributed by atoms with Crippen molar-refractivity contribution in [3.8, 4) is 0 Å². The Bertz CT molecular complexity index is 323. The topological polar surface area (TPSA) is 47.3 Å². The van der Waals surface area contributed by atoms with Crippen LogP contribution >= 0.6 is 0 Å². The molecule has 0 aromatic heterocycles. The maximum atomic E-state index is 5.87. The van der Waals surface area contributed by atoms with Gasteiger partial charge in [-0.2, -0.15) is 0 Å². The summed E-state index contributed by atoms with van der Waals surface area (Å²) >= 11 is 0. The molecule has 0 unspecified atom stereocenters. The van der Waals surface area contributed by atoms with Gasteiger partial charge >= 0.3 is 0 Å². The summed E-state index contributed by atoms with van der Waals surface area (Å²) in [4.78, 5) is 0. The third-order valence-electron chi connectivity index (χ3n) is 3.51. The third kappa shape index (κ3) is 4.41. The van der Waals surface area contributed by atoms with Gasteiger partial charge in [-0.3, -0.25) is 0 Å². The molecule has 1 aromatic carbocycles. The van der Waals surface area contributed by atoms with E-state index in [1.807, 2.05) is 6.07 Å². The van der Waals surface area contributed by atoms with Crippen LogP contribution in [-0.2, 0) is 11.3 Å². The van der Waals surface area contributed by atoms with E-state index in [2.05, 4.69) is 29.6 Å². The molecule has 0 saturated heterocycles. The fourth-order valence-electron chi connectivity index (χ4n) is 2.30. The van der Waals surface area contributed by atoms with Crippen LogP contribution in [0, 0.1) is 5.92 Å². The van der Waals surface area contributed by atoms with Gasteiger partial charge in [-0.15, -0.1) is 0 Å². The van der Waals surface area contributed by atoms with E-state index in [9.17, 15) is 0 Å². The lowest BCUT2D eigenvalue weighted by molar-refractivity contribution is -0.0394. The molecular weight excluding hydrogens is 224 g/mol. The van der Waals surface area contributed by atoms with Crippen molar-refractivity contribution < 1.29 is 4.74 Å². The normalized spacial score (nSPS) is 22.7. The van der Waals surface area contributed by atoms with Crippen molar-refractivity contribution in [2.45, 2.75) is 32.0 Å². The highest BCUT2D eigenvalue weighted by molar-refractivity contribution is 5.13. The predicted molar refractivity (Wildman–Crippen MR) is 74.3 cm³/mol. The van der Waals surface area contributed by atoms with Crippen LogP contribution in [0.4, 0.5) is 0 Å². The van der Waals surface area contributed by atoms with Gasteiger partial charge in [0.25, 0.3) is 0 Å². The van der Waals surface area contributed by atoms with E-state index in [1.54, 1.807) is 0 Å². The first-order chi connectivity index (χ1) is 8.88. The highest BCUT2D eigenvalue weighted by atomic mass is 16.5. The average molecular weight is 248 g/mol. The van der Waals surface area contributed by atoms with E-state index >= 15 is 0 Å². The van der Waals surface area contributed by atoms with Crippen LogP contribution in [-0.4, -0.2) is 25.7 Å². The van der Waals surface area contributed by atoms with Crippen molar-refractivity contribution in [2.75, 3.05) is 19.6 Å². The summed E-state index contributed by atoms with van der Waals surface area (Å²) in [5, 5.41) is 3.45. The molecule has 3 heteroatoms. The number of ether oxygens (including phenoxy) is 1. The quantitative estimate of drug-likeness (QED) is 0.691. The summed E-state index contributed by atoms with van der Waals surface area (Å²) in [5.41, 5.74) is 6.71. The average Bonchev–Trinajstić information content (AvgIpc) is 2.37. The number of nitrogens with one attached hydrogen (secondary N) is 1. The summed E-state index contributed by atoms with van der Waals surface area (Å²) in [5.74, 6) is 0.795. The third-order valence-corrected chi connectivity index (χ3v) is 3.51. The Morgan fingerprint density at radius 2 is 2.00 bits per heavy atom. The first-order valence-corrected chi connectivity index (χ1v) is 6.95. The molecule has 0 radical (unpaired) electrons. The summed E-state index contributed by atoms with van der Waals surface area (Å²) in [6.07, 6.45) is 3.93. The van der Waals surface area contributed by atoms with Gasteiger partial charge in [-0.05, 0) is 50.4 Å². The Labute approximate surface area is 110 Å². The standard InChI is InChI=1S/C15H24N2O/c16-7-4-8-17-11-14-9-15(10-14)18-12-13-5-2-1-3-6-13/h1-3,5-6,14-15,17H,4,7-12,16H2. The Balaban J connectivity index is 1.51. The van der Waals surface area contributed by atoms with Gasteiger partial charge in [-0.25, -0.2) is 0 Å². The molecule has 3 N–H and O–H groups in total. The lowest BCUT2D eigenvalue weighted by atomic mass is 9.82. The molecule has 0 heterocycles. The zero-order valence-electron chi connectivity index (χ0n) is 11.0. The molecule has 1 aromatic rings. The second-order valence-corrected chi connectivity index (χ2v) is 5.10. The first kappa shape index (κ1) is 13.5. The molecule has 1 aliphatic carbocycles. The molecule has 0 aliphatic heterocycles. The number of hydrogen-bond donors (Lipinski definition) is 2. The van der Waals surface area contributed by atoms with Crippen LogP contribution in [0.1, 0.15) is 24.8 Å². The molecule has 1 aliphatic rings. The van der Waals surface area contributed by atoms with Crippen molar-refractivity contribution in [1.82, 2.24) is 5.32 Å². The van der Waals surface area contributed by atoms with Crippen LogP contribution in [0.5, 0.6) is 0 Å². The van der Waals surface area contributed by atoms with Gasteiger partial charge in [-0.1, -0.05) is 30.3 Å². The van der Waals surface area contributed by atoms with Gasteiger partial charge in [0, 0.05) is 0 Å². The largest absolute Gasteiger partial charge is 0.374 e.